The van der Waals surface area contributed by atoms with Gasteiger partial charge in [-0.25, -0.2) is 8.42 Å². The van der Waals surface area contributed by atoms with Crippen LogP contribution in [0.25, 0.3) is 6.08 Å². The third kappa shape index (κ3) is 4.93. The number of nitrogens with one attached hydrogen (secondary N) is 1. The molecule has 1 saturated carbocycles. The molecular formula is C19H24N2O4S2. The van der Waals surface area contributed by atoms with Crippen LogP contribution in [-0.2, 0) is 14.8 Å². The maximum Gasteiger partial charge on any atom is 0.293 e. The van der Waals surface area contributed by atoms with Crippen molar-refractivity contribution in [3.63, 3.8) is 0 Å². The van der Waals surface area contributed by atoms with Crippen molar-refractivity contribution in [2.24, 2.45) is 5.92 Å². The van der Waals surface area contributed by atoms with Crippen LogP contribution in [0.1, 0.15) is 44.6 Å². The maximum absolute atomic E-state index is 12.8. The fourth-order valence-electron chi connectivity index (χ4n) is 3.67. The molecule has 1 aromatic carbocycles. The van der Waals surface area contributed by atoms with Crippen LogP contribution in [0.5, 0.6) is 0 Å². The largest absolute Gasteiger partial charge is 0.293 e. The fourth-order valence-corrected chi connectivity index (χ4v) is 5.15. The predicted molar refractivity (Wildman–Crippen MR) is 109 cm³/mol. The monoisotopic (exact) mass is 408 g/mol. The number of nitrogens with zero attached hydrogens (tertiary/aromatic N) is 1. The fraction of sp³-hybridized carbons (Fsp3) is 0.474. The summed E-state index contributed by atoms with van der Waals surface area (Å²) >= 11 is 0.970. The van der Waals surface area contributed by atoms with Gasteiger partial charge in [0.2, 0.25) is 10.0 Å². The molecule has 146 valence electrons. The highest BCUT2D eigenvalue weighted by Crippen LogP contribution is 2.38. The number of benzene rings is 1. The number of imide groups is 1. The normalized spacial score (nSPS) is 21.7. The molecular weight excluding hydrogens is 384 g/mol. The Morgan fingerprint density at radius 2 is 1.78 bits per heavy atom. The van der Waals surface area contributed by atoms with E-state index in [1.165, 1.54) is 11.3 Å². The van der Waals surface area contributed by atoms with Crippen molar-refractivity contribution < 1.29 is 18.0 Å². The van der Waals surface area contributed by atoms with E-state index in [-0.39, 0.29) is 17.2 Å². The highest BCUT2D eigenvalue weighted by atomic mass is 32.2. The molecule has 1 aliphatic heterocycles. The van der Waals surface area contributed by atoms with Gasteiger partial charge in [-0.3, -0.25) is 19.2 Å². The number of anilines is 1. The van der Waals surface area contributed by atoms with Gasteiger partial charge < -0.3 is 0 Å². The van der Waals surface area contributed by atoms with Gasteiger partial charge in [0.25, 0.3) is 11.1 Å². The molecule has 2 aliphatic rings. The topological polar surface area (TPSA) is 83.6 Å². The second-order valence-electron chi connectivity index (χ2n) is 7.19. The third-order valence-electron chi connectivity index (χ3n) is 5.07. The molecule has 1 unspecified atom stereocenters. The number of sulfonamides is 1. The van der Waals surface area contributed by atoms with Crippen LogP contribution in [0.2, 0.25) is 0 Å². The lowest BCUT2D eigenvalue weighted by Crippen LogP contribution is -2.42. The Kier molecular flexibility index (Phi) is 5.95. The van der Waals surface area contributed by atoms with E-state index in [1.54, 1.807) is 30.3 Å². The van der Waals surface area contributed by atoms with E-state index >= 15 is 0 Å². The number of carbonyl (C=O) groups excluding carboxylic acids is 2. The van der Waals surface area contributed by atoms with Gasteiger partial charge in [0, 0.05) is 11.7 Å². The molecule has 1 heterocycles. The smallest absolute Gasteiger partial charge is 0.284 e. The van der Waals surface area contributed by atoms with Crippen LogP contribution in [0.4, 0.5) is 10.5 Å². The number of carbonyl (C=O) groups is 2. The average Bonchev–Trinajstić information content (AvgIpc) is 2.89. The second-order valence-corrected chi connectivity index (χ2v) is 9.93. The van der Waals surface area contributed by atoms with Crippen LogP contribution < -0.4 is 4.72 Å². The number of hydrogen-bond acceptors (Lipinski definition) is 5. The van der Waals surface area contributed by atoms with Gasteiger partial charge in [-0.2, -0.15) is 0 Å². The summed E-state index contributed by atoms with van der Waals surface area (Å²) in [6, 6.07) is 6.60. The lowest BCUT2D eigenvalue weighted by Gasteiger charge is -2.32. The number of thioether (sulfide) groups is 1. The first-order valence-electron chi connectivity index (χ1n) is 9.09. The average molecular weight is 409 g/mol. The Balaban J connectivity index is 1.73. The number of amides is 2. The van der Waals surface area contributed by atoms with Gasteiger partial charge in [0.15, 0.2) is 0 Å². The molecule has 2 fully saturated rings. The lowest BCUT2D eigenvalue weighted by molar-refractivity contribution is -0.125. The van der Waals surface area contributed by atoms with Gasteiger partial charge in [0.1, 0.15) is 0 Å². The van der Waals surface area contributed by atoms with E-state index in [1.807, 2.05) is 6.92 Å². The minimum absolute atomic E-state index is 0.0787. The van der Waals surface area contributed by atoms with Crippen molar-refractivity contribution in [1.82, 2.24) is 4.90 Å². The van der Waals surface area contributed by atoms with Crippen molar-refractivity contribution in [2.75, 3.05) is 11.0 Å². The Bertz CT molecular complexity index is 856. The first-order chi connectivity index (χ1) is 12.7. The predicted octanol–water partition coefficient (Wildman–Crippen LogP) is 4.06. The summed E-state index contributed by atoms with van der Waals surface area (Å²) in [4.78, 5) is 27.0. The van der Waals surface area contributed by atoms with Crippen molar-refractivity contribution >= 4 is 44.7 Å². The van der Waals surface area contributed by atoms with Gasteiger partial charge in [0.05, 0.1) is 11.2 Å². The molecule has 3 rings (SSSR count). The zero-order valence-corrected chi connectivity index (χ0v) is 17.1. The minimum Gasteiger partial charge on any atom is -0.284 e. The van der Waals surface area contributed by atoms with Crippen molar-refractivity contribution in [3.8, 4) is 0 Å². The summed E-state index contributed by atoms with van der Waals surface area (Å²) in [5.74, 6) is 0.148. The standard InChI is InChI=1S/C19H24N2O4S2/c1-13(15-6-4-3-5-7-15)21-18(22)17(26-19(21)23)12-14-8-10-16(11-9-14)20-27(2,24)25/h8-13,15,20H,3-7H2,1-2H3. The maximum atomic E-state index is 12.8. The molecule has 0 radical (unpaired) electrons. The zero-order chi connectivity index (χ0) is 19.6. The highest BCUT2D eigenvalue weighted by Gasteiger charge is 2.40. The van der Waals surface area contributed by atoms with Crippen LogP contribution >= 0.6 is 11.8 Å². The summed E-state index contributed by atoms with van der Waals surface area (Å²) in [5.41, 5.74) is 1.19. The highest BCUT2D eigenvalue weighted by molar-refractivity contribution is 8.18. The quantitative estimate of drug-likeness (QED) is 0.743. The van der Waals surface area contributed by atoms with Crippen molar-refractivity contribution in [1.29, 1.82) is 0 Å². The Labute approximate surface area is 164 Å². The Morgan fingerprint density at radius 3 is 2.37 bits per heavy atom. The first-order valence-corrected chi connectivity index (χ1v) is 11.8. The van der Waals surface area contributed by atoms with E-state index in [9.17, 15) is 18.0 Å². The first kappa shape index (κ1) is 19.9. The summed E-state index contributed by atoms with van der Waals surface area (Å²) in [7, 11) is -3.33. The summed E-state index contributed by atoms with van der Waals surface area (Å²) in [5, 5.41) is -0.209. The molecule has 0 spiro atoms. The number of rotatable bonds is 5. The molecule has 1 aliphatic carbocycles. The third-order valence-corrected chi connectivity index (χ3v) is 6.56. The van der Waals surface area contributed by atoms with Crippen LogP contribution in [0.15, 0.2) is 29.2 Å². The lowest BCUT2D eigenvalue weighted by atomic mass is 9.84. The summed E-state index contributed by atoms with van der Waals surface area (Å²) < 4.78 is 24.9. The minimum atomic E-state index is -3.33. The Hall–Kier alpha value is -1.80. The number of hydrogen-bond donors (Lipinski definition) is 1. The van der Waals surface area contributed by atoms with Crippen LogP contribution in [0, 0.1) is 5.92 Å². The van der Waals surface area contributed by atoms with Crippen LogP contribution in [0.3, 0.4) is 0 Å². The molecule has 8 heteroatoms. The molecule has 1 N–H and O–H groups in total. The van der Waals surface area contributed by atoms with Crippen LogP contribution in [-0.4, -0.2) is 36.8 Å². The molecule has 1 aromatic rings. The molecule has 1 saturated heterocycles. The molecule has 27 heavy (non-hydrogen) atoms. The van der Waals surface area contributed by atoms with E-state index in [0.717, 1.165) is 49.3 Å². The molecule has 6 nitrogen and oxygen atoms in total. The molecule has 0 bridgehead atoms. The summed E-state index contributed by atoms with van der Waals surface area (Å²) in [6.07, 6.45) is 8.46. The van der Waals surface area contributed by atoms with Gasteiger partial charge in [-0.15, -0.1) is 0 Å². The molecule has 0 aromatic heterocycles. The van der Waals surface area contributed by atoms with E-state index < -0.39 is 10.0 Å². The zero-order valence-electron chi connectivity index (χ0n) is 15.5. The SMILES string of the molecule is CC(C1CCCCC1)N1C(=O)SC(=Cc2ccc(NS(C)(=O)=O)cc2)C1=O. The van der Waals surface area contributed by atoms with Gasteiger partial charge in [-0.05, 0) is 61.2 Å². The summed E-state index contributed by atoms with van der Waals surface area (Å²) in [6.45, 7) is 1.97. The van der Waals surface area contributed by atoms with E-state index in [2.05, 4.69) is 4.72 Å². The van der Waals surface area contributed by atoms with E-state index in [4.69, 9.17) is 0 Å². The molecule has 1 atom stereocenters. The Morgan fingerprint density at radius 1 is 1.15 bits per heavy atom. The van der Waals surface area contributed by atoms with Crippen molar-refractivity contribution in [3.05, 3.63) is 34.7 Å². The van der Waals surface area contributed by atoms with Crippen molar-refractivity contribution in [2.45, 2.75) is 45.1 Å². The molecule has 2 amide bonds. The van der Waals surface area contributed by atoms with E-state index in [0.29, 0.717) is 16.5 Å². The van der Waals surface area contributed by atoms with Gasteiger partial charge >= 0.3 is 0 Å². The second kappa shape index (κ2) is 8.06. The van der Waals surface area contributed by atoms with Gasteiger partial charge in [-0.1, -0.05) is 31.4 Å².